The lowest BCUT2D eigenvalue weighted by Crippen LogP contribution is -2.05. The highest BCUT2D eigenvalue weighted by molar-refractivity contribution is 5.85. The van der Waals surface area contributed by atoms with Crippen LogP contribution in [-0.2, 0) is 4.79 Å². The second-order valence-electron chi connectivity index (χ2n) is 2.66. The highest BCUT2D eigenvalue weighted by atomic mass is 16.1. The summed E-state index contributed by atoms with van der Waals surface area (Å²) in [5.41, 5.74) is 4.92. The van der Waals surface area contributed by atoms with Gasteiger partial charge < -0.3 is 5.73 Å². The van der Waals surface area contributed by atoms with E-state index in [0.717, 1.165) is 19.3 Å². The first-order chi connectivity index (χ1) is 5.77. The van der Waals surface area contributed by atoms with Gasteiger partial charge >= 0.3 is 0 Å². The number of nitrogens with two attached hydrogens (primary N) is 1. The number of carbonyl (C=O) groups excluding carboxylic acids is 1. The molecule has 0 aromatic carbocycles. The molecule has 0 aliphatic heterocycles. The van der Waals surface area contributed by atoms with Crippen LogP contribution in [0.25, 0.3) is 0 Å². The molecule has 0 aromatic heterocycles. The first-order valence-electron chi connectivity index (χ1n) is 4.34. The summed E-state index contributed by atoms with van der Waals surface area (Å²) < 4.78 is 0. The maximum atomic E-state index is 10.3. The standard InChI is InChI=1S/C10H17NO/c1-2-3-4-5-6-7-8-9-10(11)12/h2-3,8-9H,4-7H2,1H3,(H2,11,12)/b3-2+,9-8+. The van der Waals surface area contributed by atoms with Gasteiger partial charge in [-0.25, -0.2) is 0 Å². The second kappa shape index (κ2) is 8.05. The number of carbonyl (C=O) groups is 1. The Balaban J connectivity index is 3.16. The molecule has 0 aromatic rings. The minimum absolute atomic E-state index is 0.358. The SMILES string of the molecule is C/C=C/CCCC/C=C/C(N)=O. The third kappa shape index (κ3) is 8.95. The minimum Gasteiger partial charge on any atom is -0.366 e. The number of primary amides is 1. The van der Waals surface area contributed by atoms with Gasteiger partial charge in [-0.1, -0.05) is 18.2 Å². The Hall–Kier alpha value is -1.05. The molecule has 68 valence electrons. The summed E-state index contributed by atoms with van der Waals surface area (Å²) >= 11 is 0. The van der Waals surface area contributed by atoms with Crippen molar-refractivity contribution in [1.82, 2.24) is 0 Å². The summed E-state index contributed by atoms with van der Waals surface area (Å²) in [6.07, 6.45) is 11.8. The number of unbranched alkanes of at least 4 members (excludes halogenated alkanes) is 3. The molecule has 12 heavy (non-hydrogen) atoms. The topological polar surface area (TPSA) is 43.1 Å². The van der Waals surface area contributed by atoms with Gasteiger partial charge in [0.2, 0.25) is 5.91 Å². The molecular formula is C10H17NO. The summed E-state index contributed by atoms with van der Waals surface area (Å²) in [4.78, 5) is 10.3. The maximum Gasteiger partial charge on any atom is 0.241 e. The molecule has 0 rings (SSSR count). The number of amides is 1. The van der Waals surface area contributed by atoms with Crippen LogP contribution in [0.2, 0.25) is 0 Å². The van der Waals surface area contributed by atoms with E-state index in [1.54, 1.807) is 0 Å². The first kappa shape index (κ1) is 11.0. The molecule has 1 amide bonds. The van der Waals surface area contributed by atoms with Gasteiger partial charge in [0.1, 0.15) is 0 Å². The summed E-state index contributed by atoms with van der Waals surface area (Å²) in [5, 5.41) is 0. The zero-order chi connectivity index (χ0) is 9.23. The smallest absolute Gasteiger partial charge is 0.241 e. The van der Waals surface area contributed by atoms with E-state index < -0.39 is 0 Å². The van der Waals surface area contributed by atoms with Crippen LogP contribution >= 0.6 is 0 Å². The highest BCUT2D eigenvalue weighted by Crippen LogP contribution is 2.01. The van der Waals surface area contributed by atoms with E-state index in [1.807, 2.05) is 13.0 Å². The average molecular weight is 167 g/mol. The fourth-order valence-corrected chi connectivity index (χ4v) is 0.891. The molecule has 2 heteroatoms. The molecule has 0 bridgehead atoms. The summed E-state index contributed by atoms with van der Waals surface area (Å²) in [7, 11) is 0. The van der Waals surface area contributed by atoms with Crippen molar-refractivity contribution in [3.8, 4) is 0 Å². The summed E-state index contributed by atoms with van der Waals surface area (Å²) in [6, 6.07) is 0. The maximum absolute atomic E-state index is 10.3. The number of rotatable bonds is 6. The zero-order valence-corrected chi connectivity index (χ0v) is 7.62. The molecule has 0 aliphatic carbocycles. The van der Waals surface area contributed by atoms with Crippen molar-refractivity contribution in [2.75, 3.05) is 0 Å². The molecule has 0 saturated carbocycles. The van der Waals surface area contributed by atoms with E-state index >= 15 is 0 Å². The molecule has 0 radical (unpaired) electrons. The molecule has 0 fully saturated rings. The fourth-order valence-electron chi connectivity index (χ4n) is 0.891. The third-order valence-electron chi connectivity index (χ3n) is 1.51. The quantitative estimate of drug-likeness (QED) is 0.367. The van der Waals surface area contributed by atoms with Gasteiger partial charge in [-0.3, -0.25) is 4.79 Å². The second-order valence-corrected chi connectivity index (χ2v) is 2.66. The van der Waals surface area contributed by atoms with Crippen molar-refractivity contribution >= 4 is 5.91 Å². The lowest BCUT2D eigenvalue weighted by atomic mass is 10.2. The number of hydrogen-bond donors (Lipinski definition) is 1. The summed E-state index contributed by atoms with van der Waals surface area (Å²) in [6.45, 7) is 2.02. The fraction of sp³-hybridized carbons (Fsp3) is 0.500. The molecule has 2 nitrogen and oxygen atoms in total. The van der Waals surface area contributed by atoms with Gasteiger partial charge in [0.25, 0.3) is 0 Å². The van der Waals surface area contributed by atoms with Crippen LogP contribution in [0.4, 0.5) is 0 Å². The van der Waals surface area contributed by atoms with E-state index in [0.29, 0.717) is 0 Å². The van der Waals surface area contributed by atoms with Crippen LogP contribution < -0.4 is 5.73 Å². The Kier molecular flexibility index (Phi) is 7.35. The van der Waals surface area contributed by atoms with Crippen LogP contribution in [0.3, 0.4) is 0 Å². The monoisotopic (exact) mass is 167 g/mol. The van der Waals surface area contributed by atoms with Gasteiger partial charge in [-0.2, -0.15) is 0 Å². The predicted octanol–water partition coefficient (Wildman–Crippen LogP) is 2.16. The van der Waals surface area contributed by atoms with Crippen LogP contribution in [0.1, 0.15) is 32.6 Å². The van der Waals surface area contributed by atoms with E-state index in [4.69, 9.17) is 5.73 Å². The van der Waals surface area contributed by atoms with Crippen molar-refractivity contribution in [1.29, 1.82) is 0 Å². The summed E-state index contributed by atoms with van der Waals surface area (Å²) in [5.74, 6) is -0.358. The van der Waals surface area contributed by atoms with E-state index in [2.05, 4.69) is 12.2 Å². The van der Waals surface area contributed by atoms with Crippen molar-refractivity contribution in [3.05, 3.63) is 24.3 Å². The Bertz CT molecular complexity index is 171. The molecule has 2 N–H and O–H groups in total. The van der Waals surface area contributed by atoms with Crippen molar-refractivity contribution < 1.29 is 4.79 Å². The lowest BCUT2D eigenvalue weighted by molar-refractivity contribution is -0.113. The van der Waals surface area contributed by atoms with Gasteiger partial charge in [0.15, 0.2) is 0 Å². The normalized spacial score (nSPS) is 11.4. The van der Waals surface area contributed by atoms with Crippen LogP contribution in [0, 0.1) is 0 Å². The highest BCUT2D eigenvalue weighted by Gasteiger charge is 1.84. The molecule has 0 heterocycles. The molecule has 0 aliphatic rings. The average Bonchev–Trinajstić information content (AvgIpc) is 2.02. The van der Waals surface area contributed by atoms with E-state index in [-0.39, 0.29) is 5.91 Å². The Morgan fingerprint density at radius 2 is 1.83 bits per heavy atom. The van der Waals surface area contributed by atoms with Gasteiger partial charge in [-0.05, 0) is 38.7 Å². The first-order valence-corrected chi connectivity index (χ1v) is 4.34. The van der Waals surface area contributed by atoms with Crippen molar-refractivity contribution in [2.24, 2.45) is 5.73 Å². The van der Waals surface area contributed by atoms with Crippen molar-refractivity contribution in [3.63, 3.8) is 0 Å². The minimum atomic E-state index is -0.358. The molecule has 0 spiro atoms. The van der Waals surface area contributed by atoms with Crippen molar-refractivity contribution in [2.45, 2.75) is 32.6 Å². The Morgan fingerprint density at radius 3 is 2.33 bits per heavy atom. The largest absolute Gasteiger partial charge is 0.366 e. The molecule has 0 saturated heterocycles. The van der Waals surface area contributed by atoms with Crippen LogP contribution in [0.15, 0.2) is 24.3 Å². The van der Waals surface area contributed by atoms with E-state index in [1.165, 1.54) is 12.5 Å². The predicted molar refractivity (Wildman–Crippen MR) is 51.6 cm³/mol. The molecule has 0 atom stereocenters. The van der Waals surface area contributed by atoms with Crippen LogP contribution in [0.5, 0.6) is 0 Å². The molecular weight excluding hydrogens is 150 g/mol. The Labute approximate surface area is 74.1 Å². The van der Waals surface area contributed by atoms with Gasteiger partial charge in [0, 0.05) is 0 Å². The van der Waals surface area contributed by atoms with Crippen LogP contribution in [-0.4, -0.2) is 5.91 Å². The third-order valence-corrected chi connectivity index (χ3v) is 1.51. The van der Waals surface area contributed by atoms with E-state index in [9.17, 15) is 4.79 Å². The van der Waals surface area contributed by atoms with Gasteiger partial charge in [0.05, 0.1) is 0 Å². The molecule has 0 unspecified atom stereocenters. The lowest BCUT2D eigenvalue weighted by Gasteiger charge is -1.91. The van der Waals surface area contributed by atoms with Gasteiger partial charge in [-0.15, -0.1) is 0 Å². The number of hydrogen-bond acceptors (Lipinski definition) is 1. The zero-order valence-electron chi connectivity index (χ0n) is 7.62. The Morgan fingerprint density at radius 1 is 1.25 bits per heavy atom. The number of allylic oxidation sites excluding steroid dienone is 3.